The molecule has 0 aliphatic carbocycles. The average molecular weight is 402 g/mol. The molecule has 8 heteroatoms. The van der Waals surface area contributed by atoms with Crippen molar-refractivity contribution in [2.45, 2.75) is 19.6 Å². The van der Waals surface area contributed by atoms with Crippen molar-refractivity contribution in [3.05, 3.63) is 39.9 Å². The van der Waals surface area contributed by atoms with Gasteiger partial charge < -0.3 is 13.9 Å². The molecule has 1 unspecified atom stereocenters. The Morgan fingerprint density at radius 3 is 2.22 bits per heavy atom. The second kappa shape index (κ2) is 9.43. The van der Waals surface area contributed by atoms with Crippen LogP contribution in [0.3, 0.4) is 0 Å². The first-order valence-electron chi connectivity index (χ1n) is 7.26. The summed E-state index contributed by atoms with van der Waals surface area (Å²) in [6.07, 6.45) is 1.68. The molecule has 0 radical (unpaired) electrons. The molecule has 0 aliphatic rings. The SMILES string of the molecule is CCOP(=O)(OCC)C(C=C(Cl)c1ccc(Cl)c(Cl)c1)[NH+](C)C. The van der Waals surface area contributed by atoms with E-state index in [-0.39, 0.29) is 0 Å². The number of nitrogens with one attached hydrogen (secondary N) is 1. The van der Waals surface area contributed by atoms with Crippen LogP contribution < -0.4 is 4.90 Å². The summed E-state index contributed by atoms with van der Waals surface area (Å²) in [6, 6.07) is 5.08. The molecule has 0 fully saturated rings. The number of likely N-dealkylation sites (N-methyl/N-ethyl adjacent to an activating group) is 1. The number of rotatable bonds is 8. The van der Waals surface area contributed by atoms with Crippen molar-refractivity contribution in [1.82, 2.24) is 0 Å². The Balaban J connectivity index is 3.23. The van der Waals surface area contributed by atoms with E-state index in [9.17, 15) is 4.57 Å². The molecule has 130 valence electrons. The fourth-order valence-electron chi connectivity index (χ4n) is 2.01. The van der Waals surface area contributed by atoms with Crippen LogP contribution in [0.25, 0.3) is 5.03 Å². The van der Waals surface area contributed by atoms with Crippen LogP contribution in [-0.2, 0) is 13.6 Å². The highest BCUT2D eigenvalue weighted by atomic mass is 35.5. The Morgan fingerprint density at radius 1 is 1.22 bits per heavy atom. The fraction of sp³-hybridized carbons (Fsp3) is 0.467. The number of halogens is 3. The van der Waals surface area contributed by atoms with Gasteiger partial charge in [0.05, 0.1) is 42.4 Å². The lowest BCUT2D eigenvalue weighted by atomic mass is 10.2. The van der Waals surface area contributed by atoms with Crippen LogP contribution in [-0.4, -0.2) is 33.1 Å². The molecule has 1 atom stereocenters. The molecule has 23 heavy (non-hydrogen) atoms. The molecule has 0 bridgehead atoms. The largest absolute Gasteiger partial charge is 0.391 e. The Kier molecular flexibility index (Phi) is 8.60. The summed E-state index contributed by atoms with van der Waals surface area (Å²) in [5.74, 6) is -0.538. The Bertz CT molecular complexity index is 598. The maximum atomic E-state index is 13.0. The summed E-state index contributed by atoms with van der Waals surface area (Å²) < 4.78 is 23.9. The van der Waals surface area contributed by atoms with E-state index in [4.69, 9.17) is 43.9 Å². The Hall–Kier alpha value is -0.0600. The summed E-state index contributed by atoms with van der Waals surface area (Å²) in [6.45, 7) is 4.13. The molecule has 0 aliphatic heterocycles. The van der Waals surface area contributed by atoms with Gasteiger partial charge in [0.1, 0.15) is 0 Å². The van der Waals surface area contributed by atoms with Gasteiger partial charge in [0, 0.05) is 6.08 Å². The highest BCUT2D eigenvalue weighted by Gasteiger charge is 2.39. The topological polar surface area (TPSA) is 40.0 Å². The third kappa shape index (κ3) is 5.75. The van der Waals surface area contributed by atoms with E-state index in [0.717, 1.165) is 4.90 Å². The first-order valence-corrected chi connectivity index (χ1v) is 10.0. The third-order valence-corrected chi connectivity index (χ3v) is 6.72. The zero-order valence-electron chi connectivity index (χ0n) is 13.6. The van der Waals surface area contributed by atoms with Gasteiger partial charge in [-0.1, -0.05) is 40.9 Å². The average Bonchev–Trinajstić information content (AvgIpc) is 2.47. The lowest BCUT2D eigenvalue weighted by molar-refractivity contribution is -0.865. The number of benzene rings is 1. The molecular weight excluding hydrogens is 380 g/mol. The molecule has 0 saturated carbocycles. The minimum absolute atomic E-state index is 0.291. The summed E-state index contributed by atoms with van der Waals surface area (Å²) >= 11 is 18.3. The van der Waals surface area contributed by atoms with E-state index in [1.165, 1.54) is 0 Å². The fourth-order valence-corrected chi connectivity index (χ4v) is 4.72. The molecule has 0 saturated heterocycles. The van der Waals surface area contributed by atoms with Crippen LogP contribution >= 0.6 is 42.4 Å². The normalized spacial score (nSPS) is 14.3. The van der Waals surface area contributed by atoms with Crippen molar-refractivity contribution < 1.29 is 18.5 Å². The van der Waals surface area contributed by atoms with Gasteiger partial charge in [0.15, 0.2) is 0 Å². The summed E-state index contributed by atoms with van der Waals surface area (Å²) in [5, 5.41) is 1.26. The Morgan fingerprint density at radius 2 is 1.78 bits per heavy atom. The first-order chi connectivity index (χ1) is 10.7. The first kappa shape index (κ1) is 21.0. The highest BCUT2D eigenvalue weighted by Crippen LogP contribution is 2.52. The van der Waals surface area contributed by atoms with E-state index < -0.39 is 13.4 Å². The maximum absolute atomic E-state index is 13.0. The van der Waals surface area contributed by atoms with Crippen molar-refractivity contribution in [2.24, 2.45) is 0 Å². The molecule has 0 amide bonds. The smallest absolute Gasteiger partial charge is 0.324 e. The molecular formula is C15H22Cl3NO3P+. The lowest BCUT2D eigenvalue weighted by Gasteiger charge is -2.26. The zero-order valence-corrected chi connectivity index (χ0v) is 16.8. The predicted octanol–water partition coefficient (Wildman–Crippen LogP) is 4.31. The summed E-state index contributed by atoms with van der Waals surface area (Å²) in [5.41, 5.74) is 0.687. The minimum Gasteiger partial charge on any atom is -0.324 e. The number of hydrogen-bond donors (Lipinski definition) is 1. The maximum Gasteiger partial charge on any atom is 0.391 e. The van der Waals surface area contributed by atoms with Crippen LogP contribution in [0.2, 0.25) is 10.0 Å². The van der Waals surface area contributed by atoms with Gasteiger partial charge in [-0.25, -0.2) is 0 Å². The standard InChI is InChI=1S/C15H21Cl3NO3P/c1-5-21-23(20,22-6-2)15(19(3)4)10-13(17)11-7-8-12(16)14(18)9-11/h7-10,15H,5-6H2,1-4H3/p+1. The van der Waals surface area contributed by atoms with E-state index in [1.54, 1.807) is 38.1 Å². The van der Waals surface area contributed by atoms with Gasteiger partial charge >= 0.3 is 7.60 Å². The highest BCUT2D eigenvalue weighted by molar-refractivity contribution is 7.54. The van der Waals surface area contributed by atoms with E-state index in [1.807, 2.05) is 14.1 Å². The van der Waals surface area contributed by atoms with Gasteiger partial charge in [-0.2, -0.15) is 0 Å². The van der Waals surface area contributed by atoms with Crippen molar-refractivity contribution in [1.29, 1.82) is 0 Å². The third-order valence-electron chi connectivity index (χ3n) is 3.05. The molecule has 1 rings (SSSR count). The van der Waals surface area contributed by atoms with Gasteiger partial charge in [0.2, 0.25) is 5.78 Å². The van der Waals surface area contributed by atoms with Gasteiger partial charge in [-0.15, -0.1) is 0 Å². The zero-order chi connectivity index (χ0) is 17.6. The predicted molar refractivity (Wildman–Crippen MR) is 97.7 cm³/mol. The van der Waals surface area contributed by atoms with Crippen LogP contribution in [0.15, 0.2) is 24.3 Å². The van der Waals surface area contributed by atoms with Gasteiger partial charge in [-0.05, 0) is 31.5 Å². The van der Waals surface area contributed by atoms with Crippen molar-refractivity contribution in [3.63, 3.8) is 0 Å². The van der Waals surface area contributed by atoms with E-state index in [0.29, 0.717) is 33.9 Å². The van der Waals surface area contributed by atoms with Crippen LogP contribution in [0.5, 0.6) is 0 Å². The molecule has 1 aromatic rings. The van der Waals surface area contributed by atoms with Crippen molar-refractivity contribution >= 4 is 47.4 Å². The molecule has 1 aromatic carbocycles. The van der Waals surface area contributed by atoms with Crippen LogP contribution in [0, 0.1) is 0 Å². The summed E-state index contributed by atoms with van der Waals surface area (Å²) in [4.78, 5) is 0.883. The minimum atomic E-state index is -3.34. The van der Waals surface area contributed by atoms with E-state index >= 15 is 0 Å². The second-order valence-corrected chi connectivity index (χ2v) is 8.42. The van der Waals surface area contributed by atoms with Crippen molar-refractivity contribution in [2.75, 3.05) is 27.3 Å². The molecule has 0 heterocycles. The quantitative estimate of drug-likeness (QED) is 0.660. The lowest BCUT2D eigenvalue weighted by Crippen LogP contribution is -3.09. The van der Waals surface area contributed by atoms with Crippen LogP contribution in [0.4, 0.5) is 0 Å². The second-order valence-electron chi connectivity index (χ2n) is 5.04. The van der Waals surface area contributed by atoms with Crippen LogP contribution in [0.1, 0.15) is 19.4 Å². The molecule has 1 N–H and O–H groups in total. The Labute approximate surface area is 152 Å². The monoisotopic (exact) mass is 400 g/mol. The number of hydrogen-bond acceptors (Lipinski definition) is 3. The molecule has 0 aromatic heterocycles. The molecule has 0 spiro atoms. The molecule has 4 nitrogen and oxygen atoms in total. The van der Waals surface area contributed by atoms with Gasteiger partial charge in [-0.3, -0.25) is 4.57 Å². The van der Waals surface area contributed by atoms with E-state index in [2.05, 4.69) is 0 Å². The number of quaternary nitrogens is 1. The van der Waals surface area contributed by atoms with Crippen molar-refractivity contribution in [3.8, 4) is 0 Å². The van der Waals surface area contributed by atoms with Gasteiger partial charge in [0.25, 0.3) is 0 Å². The summed E-state index contributed by atoms with van der Waals surface area (Å²) in [7, 11) is 0.394.